The van der Waals surface area contributed by atoms with Gasteiger partial charge in [0.05, 0.1) is 6.04 Å². The molecule has 0 saturated heterocycles. The molecular formula is C23H21F3N2O2. The first-order valence-corrected chi connectivity index (χ1v) is 9.28. The molecule has 7 heteroatoms. The number of ether oxygens (including phenoxy) is 1. The number of halogens is 3. The molecule has 0 spiro atoms. The molecule has 0 aliphatic rings. The van der Waals surface area contributed by atoms with Gasteiger partial charge in [-0.1, -0.05) is 54.1 Å². The molecule has 3 aromatic rings. The van der Waals surface area contributed by atoms with Crippen molar-refractivity contribution in [3.63, 3.8) is 0 Å². The molecule has 3 aromatic carbocycles. The fourth-order valence-electron chi connectivity index (χ4n) is 2.90. The predicted molar refractivity (Wildman–Crippen MR) is 110 cm³/mol. The Hall–Kier alpha value is -3.32. The van der Waals surface area contributed by atoms with Gasteiger partial charge in [-0.05, 0) is 54.3 Å². The quantitative estimate of drug-likeness (QED) is 0.592. The van der Waals surface area contributed by atoms with Gasteiger partial charge in [0, 0.05) is 5.69 Å². The van der Waals surface area contributed by atoms with Crippen LogP contribution in [-0.2, 0) is 11.2 Å². The van der Waals surface area contributed by atoms with Gasteiger partial charge in [-0.3, -0.25) is 4.79 Å². The molecule has 0 radical (unpaired) electrons. The topological polar surface area (TPSA) is 64.4 Å². The van der Waals surface area contributed by atoms with Crippen LogP contribution in [0.4, 0.5) is 18.9 Å². The first-order chi connectivity index (χ1) is 14.2. The lowest BCUT2D eigenvalue weighted by Crippen LogP contribution is -2.37. The van der Waals surface area contributed by atoms with Crippen molar-refractivity contribution in [2.75, 3.05) is 5.32 Å². The summed E-state index contributed by atoms with van der Waals surface area (Å²) in [5.74, 6) is -0.791. The number of carbonyl (C=O) groups is 1. The maximum Gasteiger partial charge on any atom is 0.573 e. The molecule has 0 fully saturated rings. The van der Waals surface area contributed by atoms with Crippen LogP contribution in [-0.4, -0.2) is 18.3 Å². The second-order valence-electron chi connectivity index (χ2n) is 6.93. The van der Waals surface area contributed by atoms with Crippen LogP contribution in [0.2, 0.25) is 0 Å². The number of nitrogens with one attached hydrogen (secondary N) is 1. The molecule has 4 nitrogen and oxygen atoms in total. The van der Waals surface area contributed by atoms with Crippen LogP contribution in [0.1, 0.15) is 11.1 Å². The van der Waals surface area contributed by atoms with E-state index < -0.39 is 18.3 Å². The van der Waals surface area contributed by atoms with Gasteiger partial charge < -0.3 is 15.8 Å². The first kappa shape index (κ1) is 21.4. The summed E-state index contributed by atoms with van der Waals surface area (Å²) >= 11 is 0. The fourth-order valence-corrected chi connectivity index (χ4v) is 2.90. The largest absolute Gasteiger partial charge is 0.573 e. The van der Waals surface area contributed by atoms with E-state index in [1.165, 1.54) is 17.7 Å². The van der Waals surface area contributed by atoms with Crippen LogP contribution < -0.4 is 15.8 Å². The molecule has 0 saturated carbocycles. The summed E-state index contributed by atoms with van der Waals surface area (Å²) in [5, 5.41) is 2.59. The molecule has 1 atom stereocenters. The van der Waals surface area contributed by atoms with Gasteiger partial charge in [0.15, 0.2) is 0 Å². The number of nitrogens with two attached hydrogens (primary N) is 1. The summed E-state index contributed by atoms with van der Waals surface area (Å²) < 4.78 is 40.4. The minimum absolute atomic E-state index is 0.329. The number of amides is 1. The Morgan fingerprint density at radius 2 is 1.47 bits per heavy atom. The van der Waals surface area contributed by atoms with Crippen LogP contribution in [0, 0.1) is 6.92 Å². The van der Waals surface area contributed by atoms with Gasteiger partial charge >= 0.3 is 6.36 Å². The molecule has 0 heterocycles. The predicted octanol–water partition coefficient (Wildman–Crippen LogP) is 5.07. The number of hydrogen-bond donors (Lipinski definition) is 2. The Bertz CT molecular complexity index is 983. The van der Waals surface area contributed by atoms with Gasteiger partial charge in [0.2, 0.25) is 5.91 Å². The van der Waals surface area contributed by atoms with Crippen molar-refractivity contribution in [2.24, 2.45) is 5.73 Å². The van der Waals surface area contributed by atoms with Crippen molar-refractivity contribution in [3.8, 4) is 16.9 Å². The molecule has 0 aliphatic carbocycles. The summed E-state index contributed by atoms with van der Waals surface area (Å²) in [6, 6.07) is 20.1. The lowest BCUT2D eigenvalue weighted by Gasteiger charge is -2.14. The van der Waals surface area contributed by atoms with E-state index in [1.807, 2.05) is 43.3 Å². The number of benzene rings is 3. The highest BCUT2D eigenvalue weighted by Crippen LogP contribution is 2.24. The van der Waals surface area contributed by atoms with Crippen molar-refractivity contribution < 1.29 is 22.7 Å². The van der Waals surface area contributed by atoms with Crippen molar-refractivity contribution >= 4 is 11.6 Å². The monoisotopic (exact) mass is 414 g/mol. The Morgan fingerprint density at radius 3 is 2.00 bits per heavy atom. The highest BCUT2D eigenvalue weighted by atomic mass is 19.4. The minimum atomic E-state index is -4.76. The zero-order chi connectivity index (χ0) is 21.7. The molecule has 0 bridgehead atoms. The summed E-state index contributed by atoms with van der Waals surface area (Å²) in [6.45, 7) is 2.03. The smallest absolute Gasteiger partial charge is 0.406 e. The third-order valence-corrected chi connectivity index (χ3v) is 4.49. The molecule has 3 N–H and O–H groups in total. The van der Waals surface area contributed by atoms with E-state index in [-0.39, 0.29) is 5.75 Å². The lowest BCUT2D eigenvalue weighted by atomic mass is 10.00. The van der Waals surface area contributed by atoms with Gasteiger partial charge in [-0.15, -0.1) is 13.2 Å². The van der Waals surface area contributed by atoms with E-state index in [9.17, 15) is 18.0 Å². The van der Waals surface area contributed by atoms with Crippen LogP contribution in [0.3, 0.4) is 0 Å². The third kappa shape index (κ3) is 6.09. The van der Waals surface area contributed by atoms with E-state index in [0.717, 1.165) is 28.8 Å². The highest BCUT2D eigenvalue weighted by molar-refractivity contribution is 5.94. The van der Waals surface area contributed by atoms with Gasteiger partial charge in [-0.2, -0.15) is 0 Å². The highest BCUT2D eigenvalue weighted by Gasteiger charge is 2.31. The third-order valence-electron chi connectivity index (χ3n) is 4.49. The maximum absolute atomic E-state index is 12.3. The van der Waals surface area contributed by atoms with Gasteiger partial charge in [-0.25, -0.2) is 0 Å². The average molecular weight is 414 g/mol. The van der Waals surface area contributed by atoms with Gasteiger partial charge in [0.25, 0.3) is 0 Å². The molecule has 3 rings (SSSR count). The summed E-state index contributed by atoms with van der Waals surface area (Å²) in [4.78, 5) is 12.3. The molecule has 0 aliphatic heterocycles. The van der Waals surface area contributed by atoms with E-state index in [4.69, 9.17) is 5.73 Å². The van der Waals surface area contributed by atoms with E-state index in [0.29, 0.717) is 12.1 Å². The normalized spacial score (nSPS) is 12.3. The fraction of sp³-hybridized carbons (Fsp3) is 0.174. The Morgan fingerprint density at radius 1 is 0.933 bits per heavy atom. The second-order valence-corrected chi connectivity index (χ2v) is 6.93. The number of carbonyl (C=O) groups excluding carboxylic acids is 1. The van der Waals surface area contributed by atoms with E-state index in [2.05, 4.69) is 22.2 Å². The molecular weight excluding hydrogens is 393 g/mol. The van der Waals surface area contributed by atoms with Crippen LogP contribution >= 0.6 is 0 Å². The number of aryl methyl sites for hydroxylation is 1. The summed E-state index contributed by atoms with van der Waals surface area (Å²) in [5.41, 5.74) is 10.6. The number of anilines is 1. The molecule has 30 heavy (non-hydrogen) atoms. The van der Waals surface area contributed by atoms with Gasteiger partial charge in [0.1, 0.15) is 5.75 Å². The second kappa shape index (κ2) is 9.00. The Kier molecular flexibility index (Phi) is 6.42. The van der Waals surface area contributed by atoms with Crippen molar-refractivity contribution in [2.45, 2.75) is 25.7 Å². The lowest BCUT2D eigenvalue weighted by molar-refractivity contribution is -0.274. The zero-order valence-corrected chi connectivity index (χ0v) is 16.2. The zero-order valence-electron chi connectivity index (χ0n) is 16.2. The van der Waals surface area contributed by atoms with Crippen molar-refractivity contribution in [3.05, 3.63) is 83.9 Å². The Balaban J connectivity index is 1.57. The molecule has 156 valence electrons. The van der Waals surface area contributed by atoms with E-state index >= 15 is 0 Å². The Labute approximate surface area is 172 Å². The molecule has 0 unspecified atom stereocenters. The van der Waals surface area contributed by atoms with Crippen molar-refractivity contribution in [1.29, 1.82) is 0 Å². The SMILES string of the molecule is Cc1ccc(-c2ccc(C[C@@H](N)C(=O)Nc3ccc(OC(F)(F)F)cc3)cc2)cc1. The van der Waals surface area contributed by atoms with E-state index in [1.54, 1.807) is 0 Å². The van der Waals surface area contributed by atoms with Crippen LogP contribution in [0.15, 0.2) is 72.8 Å². The number of rotatable bonds is 6. The number of hydrogen-bond acceptors (Lipinski definition) is 3. The summed E-state index contributed by atoms with van der Waals surface area (Å²) in [7, 11) is 0. The van der Waals surface area contributed by atoms with Crippen molar-refractivity contribution in [1.82, 2.24) is 0 Å². The molecule has 1 amide bonds. The minimum Gasteiger partial charge on any atom is -0.406 e. The molecule has 0 aromatic heterocycles. The number of alkyl halides is 3. The average Bonchev–Trinajstić information content (AvgIpc) is 2.69. The first-order valence-electron chi connectivity index (χ1n) is 9.28. The maximum atomic E-state index is 12.3. The van der Waals surface area contributed by atoms with Crippen LogP contribution in [0.25, 0.3) is 11.1 Å². The summed E-state index contributed by atoms with van der Waals surface area (Å²) in [6.07, 6.45) is -4.43. The van der Waals surface area contributed by atoms with Crippen LogP contribution in [0.5, 0.6) is 5.75 Å². The standard InChI is InChI=1S/C23H21F3N2O2/c1-15-2-6-17(7-3-15)18-8-4-16(5-9-18)14-21(27)22(29)28-19-10-12-20(13-11-19)30-23(24,25)26/h2-13,21H,14,27H2,1H3,(H,28,29)/t21-/m1/s1.